The summed E-state index contributed by atoms with van der Waals surface area (Å²) in [7, 11) is 1.15. The monoisotopic (exact) mass is 608 g/mol. The molecule has 0 aliphatic heterocycles. The molecule has 0 fully saturated rings. The van der Waals surface area contributed by atoms with Gasteiger partial charge in [-0.15, -0.1) is 0 Å². The SMILES string of the molecule is COC(=O)c1nc2cc(C)c(C)cc2n(C[C@H](O)[C@H](O)[C@H](O)COC(c2ccccc2)(c2ccccc2)c2ccccc2)c1=O. The molecule has 5 aromatic rings. The average molecular weight is 609 g/mol. The number of benzene rings is 4. The molecule has 0 unspecified atom stereocenters. The highest BCUT2D eigenvalue weighted by Crippen LogP contribution is 2.40. The van der Waals surface area contributed by atoms with Gasteiger partial charge in [-0.25, -0.2) is 9.78 Å². The second kappa shape index (κ2) is 13.5. The molecule has 45 heavy (non-hydrogen) atoms. The van der Waals surface area contributed by atoms with Gasteiger partial charge in [0.2, 0.25) is 5.69 Å². The maximum Gasteiger partial charge on any atom is 0.362 e. The van der Waals surface area contributed by atoms with Gasteiger partial charge in [0.1, 0.15) is 23.9 Å². The van der Waals surface area contributed by atoms with E-state index in [1.807, 2.05) is 105 Å². The third-order valence-electron chi connectivity index (χ3n) is 8.11. The lowest BCUT2D eigenvalue weighted by atomic mass is 9.80. The van der Waals surface area contributed by atoms with Gasteiger partial charge < -0.3 is 29.4 Å². The third kappa shape index (κ3) is 6.29. The molecule has 0 radical (unpaired) electrons. The molecule has 3 N–H and O–H groups in total. The summed E-state index contributed by atoms with van der Waals surface area (Å²) in [6, 6.07) is 32.2. The fourth-order valence-corrected chi connectivity index (χ4v) is 5.54. The van der Waals surface area contributed by atoms with Crippen molar-refractivity contribution in [3.8, 4) is 0 Å². The Bertz CT molecular complexity index is 1730. The van der Waals surface area contributed by atoms with Crippen LogP contribution in [0.5, 0.6) is 0 Å². The van der Waals surface area contributed by atoms with Crippen LogP contribution in [0.4, 0.5) is 0 Å². The van der Waals surface area contributed by atoms with E-state index < -0.39 is 47.7 Å². The summed E-state index contributed by atoms with van der Waals surface area (Å²) in [6.07, 6.45) is -4.88. The zero-order valence-corrected chi connectivity index (χ0v) is 25.3. The summed E-state index contributed by atoms with van der Waals surface area (Å²) >= 11 is 0. The van der Waals surface area contributed by atoms with E-state index in [2.05, 4.69) is 4.98 Å². The highest BCUT2D eigenvalue weighted by molar-refractivity contribution is 5.89. The minimum absolute atomic E-state index is 0.349. The van der Waals surface area contributed by atoms with Gasteiger partial charge in [0.05, 0.1) is 31.3 Å². The molecule has 5 rings (SSSR count). The van der Waals surface area contributed by atoms with Crippen molar-refractivity contribution >= 4 is 17.0 Å². The zero-order valence-electron chi connectivity index (χ0n) is 25.3. The van der Waals surface area contributed by atoms with Gasteiger partial charge in [0, 0.05) is 0 Å². The van der Waals surface area contributed by atoms with Crippen LogP contribution in [0.1, 0.15) is 38.3 Å². The summed E-state index contributed by atoms with van der Waals surface area (Å²) in [6.45, 7) is 2.94. The van der Waals surface area contributed by atoms with Crippen LogP contribution >= 0.6 is 0 Å². The first kappa shape index (κ1) is 31.7. The number of fused-ring (bicyclic) bond motifs is 1. The van der Waals surface area contributed by atoms with E-state index in [0.29, 0.717) is 11.0 Å². The first-order valence-corrected chi connectivity index (χ1v) is 14.6. The first-order valence-electron chi connectivity index (χ1n) is 14.6. The Morgan fingerprint density at radius 2 is 1.29 bits per heavy atom. The van der Waals surface area contributed by atoms with Gasteiger partial charge >= 0.3 is 5.97 Å². The van der Waals surface area contributed by atoms with Crippen molar-refractivity contribution in [1.29, 1.82) is 0 Å². The molecule has 0 aliphatic carbocycles. The molecule has 0 bridgehead atoms. The maximum absolute atomic E-state index is 13.4. The Hall–Kier alpha value is -4.67. The number of nitrogens with zero attached hydrogens (tertiary/aromatic N) is 2. The number of methoxy groups -OCH3 is 1. The van der Waals surface area contributed by atoms with E-state index in [-0.39, 0.29) is 6.61 Å². The van der Waals surface area contributed by atoms with E-state index in [1.165, 1.54) is 4.57 Å². The van der Waals surface area contributed by atoms with Crippen molar-refractivity contribution in [2.24, 2.45) is 0 Å². The van der Waals surface area contributed by atoms with Crippen LogP contribution in [-0.2, 0) is 21.6 Å². The number of hydrogen-bond acceptors (Lipinski definition) is 8. The molecule has 9 heteroatoms. The minimum atomic E-state index is -1.71. The minimum Gasteiger partial charge on any atom is -0.464 e. The molecular formula is C36H36N2O7. The highest BCUT2D eigenvalue weighted by Gasteiger charge is 2.39. The zero-order chi connectivity index (χ0) is 32.1. The molecule has 232 valence electrons. The normalized spacial score (nSPS) is 13.7. The molecule has 0 spiro atoms. The van der Waals surface area contributed by atoms with Crippen LogP contribution in [0, 0.1) is 13.8 Å². The summed E-state index contributed by atoms with van der Waals surface area (Å²) in [4.78, 5) is 29.9. The number of ether oxygens (including phenoxy) is 2. The Kier molecular flexibility index (Phi) is 9.55. The second-order valence-electron chi connectivity index (χ2n) is 11.0. The largest absolute Gasteiger partial charge is 0.464 e. The standard InChI is InChI=1S/C36H36N2O7/c1-23-19-28-29(20-24(23)2)38(34(42)32(37-28)35(43)44-3)21-30(39)33(41)31(40)22-45-36(25-13-7-4-8-14-25,26-15-9-5-10-16-26)27-17-11-6-12-18-27/h4-20,30-31,33,39-41H,21-22H2,1-3H3/t30-,31+,33-/m0/s1. The van der Waals surface area contributed by atoms with Crippen LogP contribution in [0.25, 0.3) is 11.0 Å². The second-order valence-corrected chi connectivity index (χ2v) is 11.0. The van der Waals surface area contributed by atoms with E-state index in [9.17, 15) is 24.9 Å². The van der Waals surface area contributed by atoms with Crippen LogP contribution in [0.15, 0.2) is 108 Å². The van der Waals surface area contributed by atoms with Crippen molar-refractivity contribution in [2.45, 2.75) is 44.3 Å². The quantitative estimate of drug-likeness (QED) is 0.152. The predicted octanol–water partition coefficient (Wildman–Crippen LogP) is 3.89. The topological polar surface area (TPSA) is 131 Å². The number of aliphatic hydroxyl groups excluding tert-OH is 3. The Morgan fingerprint density at radius 3 is 1.78 bits per heavy atom. The number of carbonyl (C=O) groups is 1. The van der Waals surface area contributed by atoms with Gasteiger partial charge in [0.15, 0.2) is 0 Å². The van der Waals surface area contributed by atoms with Gasteiger partial charge in [-0.05, 0) is 53.8 Å². The van der Waals surface area contributed by atoms with E-state index >= 15 is 0 Å². The maximum atomic E-state index is 13.4. The molecule has 3 atom stereocenters. The molecular weight excluding hydrogens is 572 g/mol. The molecule has 0 aliphatic rings. The number of hydrogen-bond donors (Lipinski definition) is 3. The molecule has 4 aromatic carbocycles. The van der Waals surface area contributed by atoms with Gasteiger partial charge in [-0.3, -0.25) is 4.79 Å². The van der Waals surface area contributed by atoms with E-state index in [4.69, 9.17) is 9.47 Å². The van der Waals surface area contributed by atoms with Crippen molar-refractivity contribution in [2.75, 3.05) is 13.7 Å². The fraction of sp³-hybridized carbons (Fsp3) is 0.250. The van der Waals surface area contributed by atoms with Gasteiger partial charge in [0.25, 0.3) is 5.56 Å². The molecule has 0 amide bonds. The highest BCUT2D eigenvalue weighted by atomic mass is 16.5. The number of aryl methyl sites for hydroxylation is 2. The Labute approximate surface area is 261 Å². The number of aromatic nitrogens is 2. The van der Waals surface area contributed by atoms with E-state index in [1.54, 1.807) is 12.1 Å². The number of rotatable bonds is 11. The lowest BCUT2D eigenvalue weighted by Gasteiger charge is -2.37. The van der Waals surface area contributed by atoms with Crippen molar-refractivity contribution in [3.63, 3.8) is 0 Å². The third-order valence-corrected chi connectivity index (χ3v) is 8.11. The molecule has 9 nitrogen and oxygen atoms in total. The summed E-state index contributed by atoms with van der Waals surface area (Å²) in [5.41, 5.74) is 2.50. The van der Waals surface area contributed by atoms with Gasteiger partial charge in [-0.2, -0.15) is 0 Å². The number of esters is 1. The van der Waals surface area contributed by atoms with Crippen molar-refractivity contribution < 1.29 is 29.6 Å². The summed E-state index contributed by atoms with van der Waals surface area (Å²) < 4.78 is 12.5. The smallest absolute Gasteiger partial charge is 0.362 e. The number of carbonyl (C=O) groups excluding carboxylic acids is 1. The summed E-state index contributed by atoms with van der Waals surface area (Å²) in [5, 5.41) is 33.5. The van der Waals surface area contributed by atoms with Crippen LogP contribution in [0.3, 0.4) is 0 Å². The molecule has 0 saturated heterocycles. The predicted molar refractivity (Wildman–Crippen MR) is 170 cm³/mol. The van der Waals surface area contributed by atoms with Crippen LogP contribution < -0.4 is 5.56 Å². The lowest BCUT2D eigenvalue weighted by Crippen LogP contribution is -2.46. The van der Waals surface area contributed by atoms with E-state index in [0.717, 1.165) is 34.9 Å². The Balaban J connectivity index is 1.47. The number of aliphatic hydroxyl groups is 3. The molecule has 1 aromatic heterocycles. The summed E-state index contributed by atoms with van der Waals surface area (Å²) in [5.74, 6) is -0.920. The Morgan fingerprint density at radius 1 is 0.800 bits per heavy atom. The molecule has 1 heterocycles. The first-order chi connectivity index (χ1) is 21.7. The van der Waals surface area contributed by atoms with Crippen LogP contribution in [-0.4, -0.2) is 62.9 Å². The average Bonchev–Trinajstić information content (AvgIpc) is 3.07. The lowest BCUT2D eigenvalue weighted by molar-refractivity contribution is -0.113. The fourth-order valence-electron chi connectivity index (χ4n) is 5.54. The van der Waals surface area contributed by atoms with Crippen molar-refractivity contribution in [3.05, 3.63) is 147 Å². The molecule has 0 saturated carbocycles. The van der Waals surface area contributed by atoms with Gasteiger partial charge in [-0.1, -0.05) is 91.0 Å². The van der Waals surface area contributed by atoms with Crippen molar-refractivity contribution in [1.82, 2.24) is 9.55 Å². The van der Waals surface area contributed by atoms with Crippen LogP contribution in [0.2, 0.25) is 0 Å².